The van der Waals surface area contributed by atoms with Gasteiger partial charge in [0.1, 0.15) is 0 Å². The third kappa shape index (κ3) is 5.63. The second-order valence-electron chi connectivity index (χ2n) is 9.92. The Hall–Kier alpha value is -3.56. The van der Waals surface area contributed by atoms with Gasteiger partial charge in [-0.2, -0.15) is 0 Å². The first kappa shape index (κ1) is 24.1. The quantitative estimate of drug-likeness (QED) is 0.351. The summed E-state index contributed by atoms with van der Waals surface area (Å²) in [6.07, 6.45) is 14.1. The Morgan fingerprint density at radius 2 is 1.56 bits per heavy atom. The molecule has 0 amide bonds. The molecular weight excluding hydrogens is 438 g/mol. The zero-order valence-corrected chi connectivity index (χ0v) is 21.2. The molecule has 0 spiro atoms. The van der Waals surface area contributed by atoms with Gasteiger partial charge < -0.3 is 16.0 Å². The Labute approximate surface area is 216 Å². The molecule has 5 rings (SSSR count). The Balaban J connectivity index is 1.39. The maximum absolute atomic E-state index is 5.96. The first-order valence-electron chi connectivity index (χ1n) is 13.2. The van der Waals surface area contributed by atoms with Crippen molar-refractivity contribution in [1.82, 2.24) is 0 Å². The van der Waals surface area contributed by atoms with Crippen LogP contribution in [0.4, 0.5) is 17.1 Å². The average molecular weight is 476 g/mol. The minimum atomic E-state index is 0.431. The topological polar surface area (TPSA) is 41.3 Å². The number of allylic oxidation sites excluding steroid dienone is 4. The van der Waals surface area contributed by atoms with Crippen LogP contribution in [0.15, 0.2) is 103 Å². The predicted molar refractivity (Wildman–Crippen MR) is 155 cm³/mol. The van der Waals surface area contributed by atoms with Crippen LogP contribution in [0.3, 0.4) is 0 Å². The van der Waals surface area contributed by atoms with Crippen LogP contribution in [0.1, 0.15) is 36.8 Å². The highest BCUT2D eigenvalue weighted by atomic mass is 15.1. The Kier molecular flexibility index (Phi) is 7.68. The van der Waals surface area contributed by atoms with Gasteiger partial charge in [-0.25, -0.2) is 0 Å². The van der Waals surface area contributed by atoms with Crippen LogP contribution in [-0.2, 0) is 0 Å². The summed E-state index contributed by atoms with van der Waals surface area (Å²) >= 11 is 0. The van der Waals surface area contributed by atoms with E-state index in [0.29, 0.717) is 11.8 Å². The van der Waals surface area contributed by atoms with Gasteiger partial charge in [0.2, 0.25) is 0 Å². The molecule has 3 N–H and O–H groups in total. The lowest BCUT2D eigenvalue weighted by molar-refractivity contribution is 0.557. The van der Waals surface area contributed by atoms with E-state index in [9.17, 15) is 0 Å². The molecule has 2 aliphatic carbocycles. The SMILES string of the molecule is CNc1ccc(C2=CC(CN(c3ccccc3)c3ccc(C4=CC(CN)CCC4)cc3)CC=C2)cc1. The number of anilines is 3. The Bertz CT molecular complexity index is 1220. The Morgan fingerprint density at radius 1 is 0.833 bits per heavy atom. The highest BCUT2D eigenvalue weighted by Crippen LogP contribution is 2.34. The summed E-state index contributed by atoms with van der Waals surface area (Å²) in [6, 6.07) is 28.6. The zero-order valence-electron chi connectivity index (χ0n) is 21.2. The number of benzene rings is 3. The van der Waals surface area contributed by atoms with Crippen LogP contribution in [0.2, 0.25) is 0 Å². The normalized spacial score (nSPS) is 19.4. The van der Waals surface area contributed by atoms with Crippen LogP contribution < -0.4 is 16.0 Å². The molecule has 0 saturated carbocycles. The van der Waals surface area contributed by atoms with E-state index < -0.39 is 0 Å². The van der Waals surface area contributed by atoms with E-state index in [4.69, 9.17) is 5.73 Å². The van der Waals surface area contributed by atoms with Crippen molar-refractivity contribution in [2.45, 2.75) is 25.7 Å². The fourth-order valence-electron chi connectivity index (χ4n) is 5.39. The van der Waals surface area contributed by atoms with Crippen LogP contribution in [0, 0.1) is 11.8 Å². The van der Waals surface area contributed by atoms with E-state index >= 15 is 0 Å². The van der Waals surface area contributed by atoms with Gasteiger partial charge in [0.05, 0.1) is 0 Å². The van der Waals surface area contributed by atoms with Gasteiger partial charge in [0.25, 0.3) is 0 Å². The molecule has 2 atom stereocenters. The summed E-state index contributed by atoms with van der Waals surface area (Å²) in [6.45, 7) is 1.68. The molecule has 0 heterocycles. The smallest absolute Gasteiger partial charge is 0.0411 e. The summed E-state index contributed by atoms with van der Waals surface area (Å²) in [7, 11) is 1.96. The summed E-state index contributed by atoms with van der Waals surface area (Å²) < 4.78 is 0. The highest BCUT2D eigenvalue weighted by molar-refractivity contribution is 5.76. The van der Waals surface area contributed by atoms with Gasteiger partial charge >= 0.3 is 0 Å². The second-order valence-corrected chi connectivity index (χ2v) is 9.92. The molecule has 0 fully saturated rings. The number of para-hydroxylation sites is 1. The van der Waals surface area contributed by atoms with Crippen molar-refractivity contribution in [3.63, 3.8) is 0 Å². The van der Waals surface area contributed by atoms with Crippen LogP contribution in [0.25, 0.3) is 11.1 Å². The molecule has 3 nitrogen and oxygen atoms in total. The van der Waals surface area contributed by atoms with Gasteiger partial charge in [0, 0.05) is 30.7 Å². The van der Waals surface area contributed by atoms with E-state index in [2.05, 4.69) is 113 Å². The van der Waals surface area contributed by atoms with Crippen molar-refractivity contribution < 1.29 is 0 Å². The van der Waals surface area contributed by atoms with Crippen molar-refractivity contribution in [2.75, 3.05) is 30.4 Å². The van der Waals surface area contributed by atoms with E-state index in [1.54, 1.807) is 0 Å². The van der Waals surface area contributed by atoms with E-state index in [0.717, 1.165) is 31.6 Å². The van der Waals surface area contributed by atoms with Crippen molar-refractivity contribution in [2.24, 2.45) is 17.6 Å². The number of hydrogen-bond donors (Lipinski definition) is 2. The molecule has 2 unspecified atom stereocenters. The van der Waals surface area contributed by atoms with Crippen molar-refractivity contribution >= 4 is 28.2 Å². The maximum Gasteiger partial charge on any atom is 0.0411 e. The molecule has 0 bridgehead atoms. The lowest BCUT2D eigenvalue weighted by Gasteiger charge is -2.30. The van der Waals surface area contributed by atoms with Gasteiger partial charge in [-0.05, 0) is 103 Å². The molecule has 0 aliphatic heterocycles. The standard InChI is InChI=1S/C33H37N3/c1-35-31-17-13-27(14-18-31)30-10-6-8-26(22-30)24-36(32-11-3-2-4-12-32)33-19-15-28(16-20-33)29-9-5-7-25(21-29)23-34/h2-4,6,10-22,25-26,35H,5,7-9,23-24,34H2,1H3. The van der Waals surface area contributed by atoms with Crippen molar-refractivity contribution in [3.05, 3.63) is 114 Å². The largest absolute Gasteiger partial charge is 0.388 e. The van der Waals surface area contributed by atoms with Gasteiger partial charge in [-0.1, -0.05) is 66.8 Å². The molecule has 0 aromatic heterocycles. The molecule has 2 aliphatic rings. The number of rotatable bonds is 8. The van der Waals surface area contributed by atoms with E-state index in [1.165, 1.54) is 46.5 Å². The first-order chi connectivity index (χ1) is 17.7. The number of nitrogens with two attached hydrogens (primary N) is 1. The molecular formula is C33H37N3. The van der Waals surface area contributed by atoms with Crippen LogP contribution in [0.5, 0.6) is 0 Å². The van der Waals surface area contributed by atoms with Gasteiger partial charge in [-0.3, -0.25) is 0 Å². The number of nitrogens with one attached hydrogen (secondary N) is 1. The predicted octanol–water partition coefficient (Wildman–Crippen LogP) is 7.67. The highest BCUT2D eigenvalue weighted by Gasteiger charge is 2.18. The van der Waals surface area contributed by atoms with E-state index in [-0.39, 0.29) is 0 Å². The molecule has 3 aromatic carbocycles. The lowest BCUT2D eigenvalue weighted by Crippen LogP contribution is -2.24. The third-order valence-electron chi connectivity index (χ3n) is 7.45. The molecule has 36 heavy (non-hydrogen) atoms. The van der Waals surface area contributed by atoms with Gasteiger partial charge in [0.15, 0.2) is 0 Å². The first-order valence-corrected chi connectivity index (χ1v) is 13.2. The average Bonchev–Trinajstić information content (AvgIpc) is 2.97. The number of hydrogen-bond acceptors (Lipinski definition) is 3. The monoisotopic (exact) mass is 475 g/mol. The van der Waals surface area contributed by atoms with Crippen molar-refractivity contribution in [3.8, 4) is 0 Å². The van der Waals surface area contributed by atoms with Gasteiger partial charge in [-0.15, -0.1) is 0 Å². The number of nitrogens with zero attached hydrogens (tertiary/aromatic N) is 1. The lowest BCUT2D eigenvalue weighted by atomic mass is 9.87. The molecule has 3 heteroatoms. The van der Waals surface area contributed by atoms with Crippen molar-refractivity contribution in [1.29, 1.82) is 0 Å². The summed E-state index contributed by atoms with van der Waals surface area (Å²) in [5, 5.41) is 3.20. The minimum Gasteiger partial charge on any atom is -0.388 e. The fourth-order valence-corrected chi connectivity index (χ4v) is 5.39. The third-order valence-corrected chi connectivity index (χ3v) is 7.45. The van der Waals surface area contributed by atoms with E-state index in [1.807, 2.05) is 7.05 Å². The van der Waals surface area contributed by atoms with Crippen LogP contribution >= 0.6 is 0 Å². The fraction of sp³-hybridized carbons (Fsp3) is 0.273. The summed E-state index contributed by atoms with van der Waals surface area (Å²) in [5.41, 5.74) is 14.9. The zero-order chi connectivity index (χ0) is 24.7. The Morgan fingerprint density at radius 3 is 2.28 bits per heavy atom. The molecule has 184 valence electrons. The summed E-state index contributed by atoms with van der Waals surface area (Å²) in [4.78, 5) is 2.46. The second kappa shape index (κ2) is 11.5. The molecule has 0 radical (unpaired) electrons. The minimum absolute atomic E-state index is 0.431. The maximum atomic E-state index is 5.96. The summed E-state index contributed by atoms with van der Waals surface area (Å²) in [5.74, 6) is 0.948. The molecule has 0 saturated heterocycles. The molecule has 3 aromatic rings. The van der Waals surface area contributed by atoms with Crippen LogP contribution in [-0.4, -0.2) is 20.1 Å².